The first-order chi connectivity index (χ1) is 16.6. The highest BCUT2D eigenvalue weighted by Crippen LogP contribution is 2.35. The fourth-order valence-corrected chi connectivity index (χ4v) is 2.60. The zero-order valence-corrected chi connectivity index (χ0v) is 17.4. The SMILES string of the molecule is [2H]C([2H])([2H])NC(=O)c1nnc(NC(=O)CC)cc1Nc1nccc(-c2noc(COC)n2)c1OC. The number of amides is 2. The summed E-state index contributed by atoms with van der Waals surface area (Å²) in [7, 11) is 2.88. The molecule has 0 bridgehead atoms. The number of aromatic nitrogens is 5. The molecule has 0 aliphatic rings. The summed E-state index contributed by atoms with van der Waals surface area (Å²) in [6.07, 6.45) is 1.61. The van der Waals surface area contributed by atoms with Crippen LogP contribution in [0.25, 0.3) is 11.4 Å². The van der Waals surface area contributed by atoms with Crippen molar-refractivity contribution in [3.8, 4) is 17.1 Å². The van der Waals surface area contributed by atoms with E-state index in [2.05, 4.69) is 36.0 Å². The highest BCUT2D eigenvalue weighted by Gasteiger charge is 2.21. The lowest BCUT2D eigenvalue weighted by atomic mass is 10.2. The van der Waals surface area contributed by atoms with Crippen molar-refractivity contribution in [2.24, 2.45) is 0 Å². The number of anilines is 3. The number of ether oxygens (including phenoxy) is 2. The summed E-state index contributed by atoms with van der Waals surface area (Å²) in [6, 6.07) is 2.90. The largest absolute Gasteiger partial charge is 0.492 e. The van der Waals surface area contributed by atoms with E-state index in [-0.39, 0.29) is 59.4 Å². The van der Waals surface area contributed by atoms with E-state index in [0.717, 1.165) is 0 Å². The van der Waals surface area contributed by atoms with Crippen LogP contribution in [0.2, 0.25) is 0 Å². The maximum Gasteiger partial charge on any atom is 0.273 e. The minimum absolute atomic E-state index is 0.00397. The molecule has 3 rings (SSSR count). The zero-order chi connectivity index (χ0) is 25.6. The van der Waals surface area contributed by atoms with Gasteiger partial charge in [-0.3, -0.25) is 9.59 Å². The van der Waals surface area contributed by atoms with E-state index in [0.29, 0.717) is 5.56 Å². The number of pyridine rings is 1. The quantitative estimate of drug-likeness (QED) is 0.437. The van der Waals surface area contributed by atoms with Gasteiger partial charge in [-0.1, -0.05) is 12.1 Å². The molecule has 3 aromatic heterocycles. The number of rotatable bonds is 9. The molecule has 0 aliphatic heterocycles. The van der Waals surface area contributed by atoms with Gasteiger partial charge in [0.25, 0.3) is 11.8 Å². The molecule has 13 nitrogen and oxygen atoms in total. The van der Waals surface area contributed by atoms with Crippen LogP contribution in [0.3, 0.4) is 0 Å². The summed E-state index contributed by atoms with van der Waals surface area (Å²) in [6.45, 7) is -1.00. The number of hydrogen-bond acceptors (Lipinski definition) is 11. The Balaban J connectivity index is 2.04. The van der Waals surface area contributed by atoms with Gasteiger partial charge in [-0.15, -0.1) is 10.2 Å². The lowest BCUT2D eigenvalue weighted by molar-refractivity contribution is -0.115. The molecule has 0 aromatic carbocycles. The average molecular weight is 445 g/mol. The van der Waals surface area contributed by atoms with Gasteiger partial charge in [0.2, 0.25) is 11.7 Å². The summed E-state index contributed by atoms with van der Waals surface area (Å²) in [5.74, 6) is -0.584. The van der Waals surface area contributed by atoms with E-state index < -0.39 is 12.9 Å². The Hall–Kier alpha value is -4.13. The third-order valence-corrected chi connectivity index (χ3v) is 4.05. The Morgan fingerprint density at radius 1 is 1.28 bits per heavy atom. The molecule has 0 radical (unpaired) electrons. The van der Waals surface area contributed by atoms with E-state index in [1.54, 1.807) is 13.0 Å². The van der Waals surface area contributed by atoms with Gasteiger partial charge in [-0.25, -0.2) is 4.98 Å². The van der Waals surface area contributed by atoms with Crippen LogP contribution in [0.1, 0.15) is 33.8 Å². The molecule has 0 saturated heterocycles. The normalized spacial score (nSPS) is 12.3. The minimum Gasteiger partial charge on any atom is -0.492 e. The summed E-state index contributed by atoms with van der Waals surface area (Å²) in [5.41, 5.74) is 0.0576. The molecule has 0 fully saturated rings. The molecule has 13 heteroatoms. The molecule has 0 aliphatic carbocycles. The first kappa shape index (κ1) is 18.6. The van der Waals surface area contributed by atoms with Gasteiger partial charge in [0.05, 0.1) is 18.4 Å². The van der Waals surface area contributed by atoms with Crippen molar-refractivity contribution < 1.29 is 27.7 Å². The second-order valence-corrected chi connectivity index (χ2v) is 6.16. The number of carbonyl (C=O) groups excluding carboxylic acids is 2. The Morgan fingerprint density at radius 2 is 2.12 bits per heavy atom. The Bertz CT molecular complexity index is 1220. The molecule has 168 valence electrons. The molecular weight excluding hydrogens is 420 g/mol. The molecule has 32 heavy (non-hydrogen) atoms. The van der Waals surface area contributed by atoms with Crippen molar-refractivity contribution in [3.05, 3.63) is 29.9 Å². The fourth-order valence-electron chi connectivity index (χ4n) is 2.60. The van der Waals surface area contributed by atoms with Crippen LogP contribution in [-0.4, -0.2) is 58.3 Å². The molecule has 3 aromatic rings. The van der Waals surface area contributed by atoms with Gasteiger partial charge in [0.1, 0.15) is 6.61 Å². The molecule has 2 amide bonds. The number of nitrogens with one attached hydrogen (secondary N) is 3. The van der Waals surface area contributed by atoms with Crippen molar-refractivity contribution in [2.45, 2.75) is 20.0 Å². The molecule has 0 spiro atoms. The van der Waals surface area contributed by atoms with E-state index in [1.165, 1.54) is 26.5 Å². The molecule has 0 saturated carbocycles. The molecule has 3 heterocycles. The first-order valence-electron chi connectivity index (χ1n) is 10.8. The Kier molecular flexibility index (Phi) is 5.97. The second kappa shape index (κ2) is 10.3. The Labute approximate surface area is 187 Å². The smallest absolute Gasteiger partial charge is 0.273 e. The fraction of sp³-hybridized carbons (Fsp3) is 0.316. The van der Waals surface area contributed by atoms with Crippen molar-refractivity contribution in [1.29, 1.82) is 0 Å². The number of hydrogen-bond donors (Lipinski definition) is 3. The van der Waals surface area contributed by atoms with Crippen LogP contribution >= 0.6 is 0 Å². The van der Waals surface area contributed by atoms with Gasteiger partial charge in [0.15, 0.2) is 23.1 Å². The monoisotopic (exact) mass is 445 g/mol. The van der Waals surface area contributed by atoms with Crippen molar-refractivity contribution in [2.75, 3.05) is 31.8 Å². The number of nitrogens with zero attached hydrogens (tertiary/aromatic N) is 5. The van der Waals surface area contributed by atoms with E-state index in [4.69, 9.17) is 18.1 Å². The van der Waals surface area contributed by atoms with Gasteiger partial charge in [0, 0.05) is 36.9 Å². The van der Waals surface area contributed by atoms with Crippen LogP contribution < -0.4 is 20.7 Å². The van der Waals surface area contributed by atoms with Crippen LogP contribution in [0.5, 0.6) is 5.75 Å². The molecular formula is C19H22N8O5. The minimum atomic E-state index is -2.76. The molecule has 0 atom stereocenters. The van der Waals surface area contributed by atoms with Crippen molar-refractivity contribution >= 4 is 29.1 Å². The predicted molar refractivity (Wildman–Crippen MR) is 112 cm³/mol. The molecule has 3 N–H and O–H groups in total. The van der Waals surface area contributed by atoms with E-state index in [1.807, 2.05) is 5.32 Å². The second-order valence-electron chi connectivity index (χ2n) is 6.16. The Morgan fingerprint density at radius 3 is 2.84 bits per heavy atom. The zero-order valence-electron chi connectivity index (χ0n) is 20.4. The maximum absolute atomic E-state index is 12.6. The summed E-state index contributed by atoms with van der Waals surface area (Å²) < 4.78 is 37.5. The van der Waals surface area contributed by atoms with E-state index >= 15 is 0 Å². The summed E-state index contributed by atoms with van der Waals surface area (Å²) in [5, 5.41) is 18.7. The van der Waals surface area contributed by atoms with Gasteiger partial charge in [-0.05, 0) is 6.07 Å². The van der Waals surface area contributed by atoms with Gasteiger partial charge < -0.3 is 29.9 Å². The van der Waals surface area contributed by atoms with Crippen molar-refractivity contribution in [3.63, 3.8) is 0 Å². The van der Waals surface area contributed by atoms with Gasteiger partial charge >= 0.3 is 0 Å². The van der Waals surface area contributed by atoms with E-state index in [9.17, 15) is 9.59 Å². The van der Waals surface area contributed by atoms with Crippen molar-refractivity contribution in [1.82, 2.24) is 30.6 Å². The number of carbonyl (C=O) groups is 2. The third kappa shape index (κ3) is 4.95. The maximum atomic E-state index is 12.6. The highest BCUT2D eigenvalue weighted by molar-refractivity contribution is 5.99. The summed E-state index contributed by atoms with van der Waals surface area (Å²) in [4.78, 5) is 32.8. The van der Waals surface area contributed by atoms with Crippen LogP contribution in [0, 0.1) is 0 Å². The topological polar surface area (TPSA) is 166 Å². The summed E-state index contributed by atoms with van der Waals surface area (Å²) >= 11 is 0. The standard InChI is InChI=1S/C19H22N8O5/c1-5-13(28)23-12-8-11(15(26-25-12)19(29)20-2)22-18-16(31-4)10(6-7-21-18)17-24-14(9-30-3)32-27-17/h6-8H,5,9H2,1-4H3,(H,20,29)(H2,21,22,23,25,28)/i2D3. The molecule has 0 unspecified atom stereocenters. The predicted octanol–water partition coefficient (Wildman–Crippen LogP) is 1.53. The van der Waals surface area contributed by atoms with Crippen LogP contribution in [0.4, 0.5) is 17.3 Å². The lowest BCUT2D eigenvalue weighted by Crippen LogP contribution is -2.22. The first-order valence-corrected chi connectivity index (χ1v) is 9.27. The highest BCUT2D eigenvalue weighted by atomic mass is 16.5. The third-order valence-electron chi connectivity index (χ3n) is 4.05. The average Bonchev–Trinajstić information content (AvgIpc) is 3.26. The number of methoxy groups -OCH3 is 2. The van der Waals surface area contributed by atoms with Gasteiger partial charge in [-0.2, -0.15) is 4.98 Å². The lowest BCUT2D eigenvalue weighted by Gasteiger charge is -2.15. The van der Waals surface area contributed by atoms with Crippen LogP contribution in [0.15, 0.2) is 22.9 Å². The van der Waals surface area contributed by atoms with Crippen LogP contribution in [-0.2, 0) is 16.1 Å².